The first kappa shape index (κ1) is 23.4. The van der Waals surface area contributed by atoms with Crippen molar-refractivity contribution in [2.24, 2.45) is 0 Å². The second kappa shape index (κ2) is 10.4. The Bertz CT molecular complexity index is 1170. The first-order valence-electron chi connectivity index (χ1n) is 9.99. The number of methoxy groups -OCH3 is 1. The van der Waals surface area contributed by atoms with Crippen LogP contribution in [-0.2, 0) is 27.9 Å². The number of hydrogen-bond donors (Lipinski definition) is 1. The number of aryl methyl sites for hydroxylation is 1. The molecule has 8 heteroatoms. The van der Waals surface area contributed by atoms with E-state index in [-0.39, 0.29) is 30.3 Å². The van der Waals surface area contributed by atoms with E-state index in [9.17, 15) is 17.6 Å². The predicted molar refractivity (Wildman–Crippen MR) is 120 cm³/mol. The predicted octanol–water partition coefficient (Wildman–Crippen LogP) is 3.65. The van der Waals surface area contributed by atoms with Gasteiger partial charge in [-0.15, -0.1) is 0 Å². The molecule has 32 heavy (non-hydrogen) atoms. The van der Waals surface area contributed by atoms with Crippen LogP contribution in [0.5, 0.6) is 5.75 Å². The van der Waals surface area contributed by atoms with Crippen molar-refractivity contribution in [2.45, 2.75) is 24.9 Å². The van der Waals surface area contributed by atoms with E-state index in [0.717, 1.165) is 9.87 Å². The number of benzene rings is 3. The summed E-state index contributed by atoms with van der Waals surface area (Å²) in [4.78, 5) is 12.7. The van der Waals surface area contributed by atoms with Crippen LogP contribution in [0, 0.1) is 12.7 Å². The first-order chi connectivity index (χ1) is 15.3. The fourth-order valence-electron chi connectivity index (χ4n) is 3.19. The zero-order valence-electron chi connectivity index (χ0n) is 17.9. The fraction of sp³-hybridized carbons (Fsp3) is 0.208. The van der Waals surface area contributed by atoms with Gasteiger partial charge in [-0.05, 0) is 53.9 Å². The van der Waals surface area contributed by atoms with E-state index in [2.05, 4.69) is 5.32 Å². The Morgan fingerprint density at radius 3 is 2.31 bits per heavy atom. The van der Waals surface area contributed by atoms with Gasteiger partial charge in [-0.25, -0.2) is 12.8 Å². The smallest absolute Gasteiger partial charge is 0.243 e. The fourth-order valence-corrected chi connectivity index (χ4v) is 4.66. The van der Waals surface area contributed by atoms with Crippen LogP contribution in [0.4, 0.5) is 4.39 Å². The van der Waals surface area contributed by atoms with Gasteiger partial charge in [-0.1, -0.05) is 42.5 Å². The quantitative estimate of drug-likeness (QED) is 0.533. The van der Waals surface area contributed by atoms with E-state index >= 15 is 0 Å². The van der Waals surface area contributed by atoms with E-state index in [1.165, 1.54) is 31.4 Å². The van der Waals surface area contributed by atoms with Crippen LogP contribution in [-0.4, -0.2) is 32.3 Å². The molecule has 0 spiro atoms. The molecule has 0 aliphatic heterocycles. The number of sulfonamides is 1. The van der Waals surface area contributed by atoms with Crippen LogP contribution in [0.15, 0.2) is 77.7 Å². The Kier molecular flexibility index (Phi) is 7.61. The van der Waals surface area contributed by atoms with Crippen molar-refractivity contribution in [3.63, 3.8) is 0 Å². The molecule has 3 rings (SSSR count). The number of halogens is 1. The zero-order valence-corrected chi connectivity index (χ0v) is 18.7. The summed E-state index contributed by atoms with van der Waals surface area (Å²) in [6.45, 7) is 1.61. The molecule has 0 aliphatic rings. The average molecular weight is 457 g/mol. The van der Waals surface area contributed by atoms with Crippen molar-refractivity contribution in [1.82, 2.24) is 9.62 Å². The normalized spacial score (nSPS) is 11.4. The van der Waals surface area contributed by atoms with Gasteiger partial charge in [0.2, 0.25) is 15.9 Å². The van der Waals surface area contributed by atoms with Crippen molar-refractivity contribution < 1.29 is 22.3 Å². The highest BCUT2D eigenvalue weighted by Gasteiger charge is 2.27. The summed E-state index contributed by atoms with van der Waals surface area (Å²) >= 11 is 0. The minimum atomic E-state index is -3.96. The molecule has 3 aromatic rings. The van der Waals surface area contributed by atoms with E-state index < -0.39 is 15.9 Å². The van der Waals surface area contributed by atoms with Crippen LogP contribution in [0.25, 0.3) is 0 Å². The monoisotopic (exact) mass is 456 g/mol. The molecular weight excluding hydrogens is 431 g/mol. The number of nitrogens with one attached hydrogen (secondary N) is 1. The number of carbonyl (C=O) groups excluding carboxylic acids is 1. The van der Waals surface area contributed by atoms with Gasteiger partial charge in [0.1, 0.15) is 11.6 Å². The molecule has 168 valence electrons. The summed E-state index contributed by atoms with van der Waals surface area (Å²) in [6.07, 6.45) is 0. The molecule has 3 aromatic carbocycles. The van der Waals surface area contributed by atoms with Crippen LogP contribution in [0.1, 0.15) is 16.7 Å². The summed E-state index contributed by atoms with van der Waals surface area (Å²) in [5.41, 5.74) is 2.14. The van der Waals surface area contributed by atoms with Crippen LogP contribution < -0.4 is 10.1 Å². The van der Waals surface area contributed by atoms with Crippen LogP contribution in [0.3, 0.4) is 0 Å². The molecule has 1 amide bonds. The third-order valence-corrected chi connectivity index (χ3v) is 6.72. The second-order valence-electron chi connectivity index (χ2n) is 7.29. The third-order valence-electron chi connectivity index (χ3n) is 4.93. The van der Waals surface area contributed by atoms with Gasteiger partial charge in [-0.3, -0.25) is 4.79 Å². The maximum atomic E-state index is 13.4. The van der Waals surface area contributed by atoms with Crippen LogP contribution >= 0.6 is 0 Å². The standard InChI is InChI=1S/C24H25FN2O4S/c1-18-14-22(12-13-23(18)31-2)32(29,30)27(16-20-6-4-3-5-7-20)17-24(28)26-15-19-8-10-21(25)11-9-19/h3-14H,15-17H2,1-2H3,(H,26,28). The number of carbonyl (C=O) groups is 1. The van der Waals surface area contributed by atoms with Crippen molar-refractivity contribution >= 4 is 15.9 Å². The lowest BCUT2D eigenvalue weighted by molar-refractivity contribution is -0.121. The number of rotatable bonds is 9. The molecule has 1 N–H and O–H groups in total. The Labute approximate surface area is 187 Å². The van der Waals surface area contributed by atoms with Gasteiger partial charge in [0.25, 0.3) is 0 Å². The van der Waals surface area contributed by atoms with E-state index in [4.69, 9.17) is 4.74 Å². The zero-order chi connectivity index (χ0) is 23.1. The van der Waals surface area contributed by atoms with Crippen molar-refractivity contribution in [2.75, 3.05) is 13.7 Å². The lowest BCUT2D eigenvalue weighted by Crippen LogP contribution is -2.40. The molecule has 0 aliphatic carbocycles. The molecule has 0 saturated carbocycles. The van der Waals surface area contributed by atoms with Crippen molar-refractivity contribution in [1.29, 1.82) is 0 Å². The average Bonchev–Trinajstić information content (AvgIpc) is 2.79. The van der Waals surface area contributed by atoms with Crippen molar-refractivity contribution in [3.8, 4) is 5.75 Å². The number of nitrogens with zero attached hydrogens (tertiary/aromatic N) is 1. The minimum absolute atomic E-state index is 0.0399. The molecule has 0 unspecified atom stereocenters. The lowest BCUT2D eigenvalue weighted by Gasteiger charge is -2.22. The number of hydrogen-bond acceptors (Lipinski definition) is 4. The Morgan fingerprint density at radius 2 is 1.69 bits per heavy atom. The van der Waals surface area contributed by atoms with Gasteiger partial charge in [0.05, 0.1) is 18.6 Å². The lowest BCUT2D eigenvalue weighted by atomic mass is 10.2. The molecule has 6 nitrogen and oxygen atoms in total. The Hall–Kier alpha value is -3.23. The van der Waals surface area contributed by atoms with Gasteiger partial charge in [0, 0.05) is 13.1 Å². The minimum Gasteiger partial charge on any atom is -0.496 e. The third kappa shape index (κ3) is 5.93. The van der Waals surface area contributed by atoms with Gasteiger partial charge in [0.15, 0.2) is 0 Å². The highest BCUT2D eigenvalue weighted by molar-refractivity contribution is 7.89. The molecule has 0 saturated heterocycles. The topological polar surface area (TPSA) is 75.7 Å². The summed E-state index contributed by atoms with van der Waals surface area (Å²) in [7, 11) is -2.45. The van der Waals surface area contributed by atoms with Gasteiger partial charge >= 0.3 is 0 Å². The van der Waals surface area contributed by atoms with Crippen molar-refractivity contribution in [3.05, 3.63) is 95.3 Å². The second-order valence-corrected chi connectivity index (χ2v) is 9.23. The molecule has 0 aromatic heterocycles. The van der Waals surface area contributed by atoms with Gasteiger partial charge in [-0.2, -0.15) is 4.31 Å². The van der Waals surface area contributed by atoms with E-state index in [1.807, 2.05) is 18.2 Å². The molecule has 0 heterocycles. The molecule has 0 radical (unpaired) electrons. The van der Waals surface area contributed by atoms with E-state index in [0.29, 0.717) is 16.9 Å². The molecule has 0 bridgehead atoms. The molecule has 0 atom stereocenters. The van der Waals surface area contributed by atoms with Crippen LogP contribution in [0.2, 0.25) is 0 Å². The first-order valence-corrected chi connectivity index (χ1v) is 11.4. The number of ether oxygens (including phenoxy) is 1. The maximum absolute atomic E-state index is 13.4. The van der Waals surface area contributed by atoms with E-state index in [1.54, 1.807) is 37.3 Å². The Balaban J connectivity index is 1.81. The molecular formula is C24H25FN2O4S. The summed E-state index contributed by atoms with van der Waals surface area (Å²) < 4.78 is 46.2. The largest absolute Gasteiger partial charge is 0.496 e. The molecule has 0 fully saturated rings. The number of amides is 1. The SMILES string of the molecule is COc1ccc(S(=O)(=O)N(CC(=O)NCc2ccc(F)cc2)Cc2ccccc2)cc1C. The maximum Gasteiger partial charge on any atom is 0.243 e. The summed E-state index contributed by atoms with van der Waals surface area (Å²) in [6, 6.07) is 19.4. The summed E-state index contributed by atoms with van der Waals surface area (Å²) in [5.74, 6) is -0.246. The summed E-state index contributed by atoms with van der Waals surface area (Å²) in [5, 5.41) is 2.70. The highest BCUT2D eigenvalue weighted by Crippen LogP contribution is 2.24. The van der Waals surface area contributed by atoms with Gasteiger partial charge < -0.3 is 10.1 Å². The highest BCUT2D eigenvalue weighted by atomic mass is 32.2. The Morgan fingerprint density at radius 1 is 1.00 bits per heavy atom.